The first-order valence-corrected chi connectivity index (χ1v) is 7.98. The molecule has 7 nitrogen and oxygen atoms in total. The molecule has 2 aromatic carbocycles. The summed E-state index contributed by atoms with van der Waals surface area (Å²) in [5.41, 5.74) is 1.46. The molecule has 130 valence electrons. The number of aromatic nitrogens is 2. The van der Waals surface area contributed by atoms with Gasteiger partial charge in [0.25, 0.3) is 0 Å². The molecule has 0 unspecified atom stereocenters. The van der Waals surface area contributed by atoms with Crippen molar-refractivity contribution in [3.05, 3.63) is 52.9 Å². The fourth-order valence-corrected chi connectivity index (χ4v) is 2.96. The van der Waals surface area contributed by atoms with Crippen molar-refractivity contribution < 1.29 is 19.3 Å². The number of nitrogens with zero attached hydrogens (tertiary/aromatic N) is 2. The van der Waals surface area contributed by atoms with Crippen LogP contribution in [0.5, 0.6) is 17.2 Å². The van der Waals surface area contributed by atoms with E-state index in [0.717, 1.165) is 11.0 Å². The fourth-order valence-electron chi connectivity index (χ4n) is 2.96. The minimum Gasteiger partial charge on any atom is -0.491 e. The third-order valence-corrected chi connectivity index (χ3v) is 4.23. The van der Waals surface area contributed by atoms with E-state index in [1.165, 1.54) is 0 Å². The Hall–Kier alpha value is -2.93. The van der Waals surface area contributed by atoms with Crippen LogP contribution in [0.4, 0.5) is 0 Å². The lowest BCUT2D eigenvalue weighted by molar-refractivity contribution is 0.0924. The van der Waals surface area contributed by atoms with Gasteiger partial charge in [0.15, 0.2) is 11.5 Å². The molecule has 0 radical (unpaired) electrons. The number of imidazole rings is 1. The highest BCUT2D eigenvalue weighted by molar-refractivity contribution is 5.75. The highest BCUT2D eigenvalue weighted by Gasteiger charge is 2.16. The van der Waals surface area contributed by atoms with Gasteiger partial charge in [-0.25, -0.2) is 4.79 Å². The minimum absolute atomic E-state index is 0.0648. The monoisotopic (exact) mass is 342 g/mol. The molecule has 1 aliphatic heterocycles. The third kappa shape index (κ3) is 2.83. The van der Waals surface area contributed by atoms with Gasteiger partial charge in [-0.1, -0.05) is 12.1 Å². The molecule has 0 saturated carbocycles. The minimum atomic E-state index is -0.825. The second-order valence-electron chi connectivity index (χ2n) is 5.92. The zero-order valence-electron chi connectivity index (χ0n) is 13.7. The smallest absolute Gasteiger partial charge is 0.328 e. The maximum atomic E-state index is 12.4. The molecule has 25 heavy (non-hydrogen) atoms. The predicted molar refractivity (Wildman–Crippen MR) is 91.2 cm³/mol. The first kappa shape index (κ1) is 15.6. The van der Waals surface area contributed by atoms with Gasteiger partial charge in [-0.05, 0) is 24.3 Å². The molecule has 1 N–H and O–H groups in total. The van der Waals surface area contributed by atoms with Crippen LogP contribution in [0, 0.1) is 0 Å². The summed E-state index contributed by atoms with van der Waals surface area (Å²) in [6.07, 6.45) is -0.825. The molecule has 4 rings (SSSR count). The van der Waals surface area contributed by atoms with Crippen LogP contribution in [0.3, 0.4) is 0 Å². The molecule has 2 heterocycles. The van der Waals surface area contributed by atoms with Crippen molar-refractivity contribution in [1.29, 1.82) is 0 Å². The van der Waals surface area contributed by atoms with E-state index in [0.29, 0.717) is 17.2 Å². The van der Waals surface area contributed by atoms with Crippen LogP contribution in [0.15, 0.2) is 47.3 Å². The molecule has 1 aliphatic rings. The van der Waals surface area contributed by atoms with Gasteiger partial charge >= 0.3 is 5.69 Å². The van der Waals surface area contributed by atoms with Crippen molar-refractivity contribution in [2.75, 3.05) is 13.4 Å². The Kier molecular flexibility index (Phi) is 3.85. The van der Waals surface area contributed by atoms with Gasteiger partial charge in [-0.15, -0.1) is 0 Å². The average Bonchev–Trinajstić information content (AvgIpc) is 3.19. The molecular weight excluding hydrogens is 324 g/mol. The highest BCUT2D eigenvalue weighted by Crippen LogP contribution is 2.35. The molecule has 0 aliphatic carbocycles. The van der Waals surface area contributed by atoms with Crippen LogP contribution in [0.2, 0.25) is 0 Å². The van der Waals surface area contributed by atoms with Gasteiger partial charge in [-0.3, -0.25) is 9.13 Å². The van der Waals surface area contributed by atoms with E-state index in [1.54, 1.807) is 34.4 Å². The van der Waals surface area contributed by atoms with Crippen LogP contribution in [0.25, 0.3) is 11.0 Å². The summed E-state index contributed by atoms with van der Waals surface area (Å²) in [6, 6.07) is 12.7. The Balaban J connectivity index is 1.47. The van der Waals surface area contributed by atoms with Gasteiger partial charge in [0.05, 0.1) is 17.6 Å². The second-order valence-corrected chi connectivity index (χ2v) is 5.92. The SMILES string of the molecule is Cn1c(=O)n(C[C@@H](O)COc2ccc3c(c2)OCO3)c2ccccc21. The van der Waals surface area contributed by atoms with E-state index >= 15 is 0 Å². The van der Waals surface area contributed by atoms with E-state index in [4.69, 9.17) is 14.2 Å². The molecule has 1 aromatic heterocycles. The van der Waals surface area contributed by atoms with Crippen LogP contribution in [-0.2, 0) is 13.6 Å². The zero-order valence-corrected chi connectivity index (χ0v) is 13.7. The zero-order chi connectivity index (χ0) is 17.4. The standard InChI is InChI=1S/C18H18N2O5/c1-19-14-4-2-3-5-15(14)20(18(19)22)9-12(21)10-23-13-6-7-16-17(8-13)25-11-24-16/h2-8,12,21H,9-11H2,1H3/t12-/m1/s1. The van der Waals surface area contributed by atoms with Crippen molar-refractivity contribution in [3.63, 3.8) is 0 Å². The average molecular weight is 342 g/mol. The number of para-hydroxylation sites is 2. The number of aliphatic hydroxyl groups is 1. The summed E-state index contributed by atoms with van der Waals surface area (Å²) in [7, 11) is 1.72. The quantitative estimate of drug-likeness (QED) is 0.761. The maximum absolute atomic E-state index is 12.4. The van der Waals surface area contributed by atoms with E-state index in [-0.39, 0.29) is 25.6 Å². The van der Waals surface area contributed by atoms with E-state index < -0.39 is 6.10 Å². The van der Waals surface area contributed by atoms with Crippen LogP contribution in [0.1, 0.15) is 0 Å². The fraction of sp³-hybridized carbons (Fsp3) is 0.278. The van der Waals surface area contributed by atoms with Crippen molar-refractivity contribution in [1.82, 2.24) is 9.13 Å². The Morgan fingerprint density at radius 2 is 1.92 bits per heavy atom. The molecule has 0 bridgehead atoms. The molecule has 0 amide bonds. The number of hydrogen-bond donors (Lipinski definition) is 1. The summed E-state index contributed by atoms with van der Waals surface area (Å²) >= 11 is 0. The summed E-state index contributed by atoms with van der Waals surface area (Å²) in [5, 5.41) is 10.3. The summed E-state index contributed by atoms with van der Waals surface area (Å²) in [4.78, 5) is 12.4. The van der Waals surface area contributed by atoms with Gasteiger partial charge in [0.2, 0.25) is 6.79 Å². The maximum Gasteiger partial charge on any atom is 0.328 e. The lowest BCUT2D eigenvalue weighted by Crippen LogP contribution is -2.30. The second kappa shape index (κ2) is 6.18. The summed E-state index contributed by atoms with van der Waals surface area (Å²) in [6.45, 7) is 0.422. The van der Waals surface area contributed by atoms with E-state index in [1.807, 2.05) is 24.3 Å². The Bertz CT molecular complexity index is 975. The number of hydrogen-bond acceptors (Lipinski definition) is 5. The Morgan fingerprint density at radius 1 is 1.16 bits per heavy atom. The first-order chi connectivity index (χ1) is 12.1. The van der Waals surface area contributed by atoms with Gasteiger partial charge in [0.1, 0.15) is 18.5 Å². The van der Waals surface area contributed by atoms with Crippen molar-refractivity contribution in [3.8, 4) is 17.2 Å². The lowest BCUT2D eigenvalue weighted by atomic mass is 10.3. The molecule has 0 saturated heterocycles. The van der Waals surface area contributed by atoms with Gasteiger partial charge < -0.3 is 19.3 Å². The van der Waals surface area contributed by atoms with Crippen LogP contribution < -0.4 is 19.9 Å². The molecular formula is C18H18N2O5. The van der Waals surface area contributed by atoms with E-state index in [9.17, 15) is 9.90 Å². The number of aliphatic hydroxyl groups excluding tert-OH is 1. The van der Waals surface area contributed by atoms with Crippen LogP contribution in [-0.4, -0.2) is 33.7 Å². The normalized spacial score (nSPS) is 14.0. The van der Waals surface area contributed by atoms with Crippen molar-refractivity contribution >= 4 is 11.0 Å². The van der Waals surface area contributed by atoms with Crippen molar-refractivity contribution in [2.45, 2.75) is 12.6 Å². The van der Waals surface area contributed by atoms with Gasteiger partial charge in [-0.2, -0.15) is 0 Å². The lowest BCUT2D eigenvalue weighted by Gasteiger charge is -2.13. The summed E-state index contributed by atoms with van der Waals surface area (Å²) in [5.74, 6) is 1.88. The first-order valence-electron chi connectivity index (χ1n) is 7.98. The third-order valence-electron chi connectivity index (χ3n) is 4.23. The van der Waals surface area contributed by atoms with Crippen molar-refractivity contribution in [2.24, 2.45) is 7.05 Å². The molecule has 7 heteroatoms. The number of ether oxygens (including phenoxy) is 3. The topological polar surface area (TPSA) is 74.9 Å². The number of aryl methyl sites for hydroxylation is 1. The predicted octanol–water partition coefficient (Wildman–Crippen LogP) is 1.51. The molecule has 0 spiro atoms. The van der Waals surface area contributed by atoms with Gasteiger partial charge in [0, 0.05) is 13.1 Å². The molecule has 0 fully saturated rings. The van der Waals surface area contributed by atoms with Crippen LogP contribution >= 0.6 is 0 Å². The Labute approximate surface area is 143 Å². The summed E-state index contributed by atoms with van der Waals surface area (Å²) < 4.78 is 19.3. The number of benzene rings is 2. The molecule has 1 atom stereocenters. The highest BCUT2D eigenvalue weighted by atomic mass is 16.7. The Morgan fingerprint density at radius 3 is 2.76 bits per heavy atom. The molecule has 3 aromatic rings. The number of fused-ring (bicyclic) bond motifs is 2. The number of rotatable bonds is 5. The van der Waals surface area contributed by atoms with E-state index in [2.05, 4.69) is 0 Å². The largest absolute Gasteiger partial charge is 0.491 e.